The van der Waals surface area contributed by atoms with Crippen molar-refractivity contribution >= 4 is 15.8 Å². The zero-order valence-electron chi connectivity index (χ0n) is 17.0. The Labute approximate surface area is 169 Å². The molecule has 3 aliphatic rings. The standard InChI is InChI=1S/C20H33N5O2S/c1-22-9-5-6-18(17-22)23-12-14-24(15-13-23)20-8-7-19(16-21-20)28(26,27)25-10-3-2-4-11-25/h7-8,16,18H,2-6,9-15,17H2,1H3. The molecule has 4 rings (SSSR count). The first-order valence-corrected chi connectivity index (χ1v) is 12.1. The smallest absolute Gasteiger partial charge is 0.244 e. The number of aromatic nitrogens is 1. The van der Waals surface area contributed by atoms with Crippen molar-refractivity contribution in [1.29, 1.82) is 0 Å². The van der Waals surface area contributed by atoms with Gasteiger partial charge in [0.15, 0.2) is 0 Å². The average Bonchev–Trinajstić information content (AvgIpc) is 2.75. The minimum absolute atomic E-state index is 0.321. The number of piperidine rings is 2. The highest BCUT2D eigenvalue weighted by Gasteiger charge is 2.29. The van der Waals surface area contributed by atoms with Crippen molar-refractivity contribution in [2.75, 3.05) is 64.3 Å². The van der Waals surface area contributed by atoms with Crippen molar-refractivity contribution in [3.63, 3.8) is 0 Å². The molecule has 28 heavy (non-hydrogen) atoms. The molecule has 0 N–H and O–H groups in total. The van der Waals surface area contributed by atoms with Gasteiger partial charge in [-0.05, 0) is 51.4 Å². The second-order valence-electron chi connectivity index (χ2n) is 8.40. The molecule has 1 atom stereocenters. The molecule has 3 saturated heterocycles. The van der Waals surface area contributed by atoms with Gasteiger partial charge in [0.05, 0.1) is 0 Å². The van der Waals surface area contributed by atoms with Gasteiger partial charge >= 0.3 is 0 Å². The van der Waals surface area contributed by atoms with Gasteiger partial charge in [-0.3, -0.25) is 4.90 Å². The Morgan fingerprint density at radius 3 is 2.32 bits per heavy atom. The lowest BCUT2D eigenvalue weighted by Gasteiger charge is -2.43. The first-order valence-electron chi connectivity index (χ1n) is 10.7. The van der Waals surface area contributed by atoms with E-state index in [4.69, 9.17) is 0 Å². The summed E-state index contributed by atoms with van der Waals surface area (Å²) < 4.78 is 27.2. The highest BCUT2D eigenvalue weighted by molar-refractivity contribution is 7.89. The summed E-state index contributed by atoms with van der Waals surface area (Å²) >= 11 is 0. The van der Waals surface area contributed by atoms with E-state index in [9.17, 15) is 8.42 Å². The molecular formula is C20H33N5O2S. The van der Waals surface area contributed by atoms with Crippen LogP contribution < -0.4 is 4.90 Å². The summed E-state index contributed by atoms with van der Waals surface area (Å²) in [5.41, 5.74) is 0. The molecule has 0 bridgehead atoms. The molecule has 4 heterocycles. The minimum atomic E-state index is -3.40. The molecule has 0 saturated carbocycles. The Bertz CT molecular complexity index is 740. The number of rotatable bonds is 4. The number of piperazine rings is 1. The van der Waals surface area contributed by atoms with E-state index in [1.807, 2.05) is 6.07 Å². The van der Waals surface area contributed by atoms with Crippen LogP contribution >= 0.6 is 0 Å². The van der Waals surface area contributed by atoms with Crippen LogP contribution in [0, 0.1) is 0 Å². The van der Waals surface area contributed by atoms with Crippen LogP contribution in [0.3, 0.4) is 0 Å². The van der Waals surface area contributed by atoms with E-state index in [0.29, 0.717) is 24.0 Å². The van der Waals surface area contributed by atoms with Gasteiger partial charge in [0.2, 0.25) is 10.0 Å². The van der Waals surface area contributed by atoms with Crippen molar-refractivity contribution in [3.8, 4) is 0 Å². The van der Waals surface area contributed by atoms with Crippen LogP contribution in [0.1, 0.15) is 32.1 Å². The second-order valence-corrected chi connectivity index (χ2v) is 10.3. The molecule has 3 fully saturated rings. The summed E-state index contributed by atoms with van der Waals surface area (Å²) in [6.45, 7) is 7.64. The van der Waals surface area contributed by atoms with Crippen molar-refractivity contribution in [3.05, 3.63) is 18.3 Å². The van der Waals surface area contributed by atoms with Gasteiger partial charge in [-0.15, -0.1) is 0 Å². The van der Waals surface area contributed by atoms with E-state index in [2.05, 4.69) is 26.7 Å². The Hall–Kier alpha value is -1.22. The maximum atomic E-state index is 12.8. The quantitative estimate of drug-likeness (QED) is 0.753. The first-order chi connectivity index (χ1) is 13.5. The fraction of sp³-hybridized carbons (Fsp3) is 0.750. The normalized spacial score (nSPS) is 26.5. The van der Waals surface area contributed by atoms with Gasteiger partial charge in [0, 0.05) is 58.1 Å². The summed E-state index contributed by atoms with van der Waals surface area (Å²) in [4.78, 5) is 12.2. The van der Waals surface area contributed by atoms with Crippen molar-refractivity contribution in [1.82, 2.24) is 19.1 Å². The summed E-state index contributed by atoms with van der Waals surface area (Å²) in [6, 6.07) is 4.28. The Kier molecular flexibility index (Phi) is 6.20. The lowest BCUT2D eigenvalue weighted by molar-refractivity contribution is 0.106. The minimum Gasteiger partial charge on any atom is -0.354 e. The molecule has 3 aliphatic heterocycles. The lowest BCUT2D eigenvalue weighted by atomic mass is 10.0. The number of likely N-dealkylation sites (N-methyl/N-ethyl adjacent to an activating group) is 1. The van der Waals surface area contributed by atoms with Crippen LogP contribution in [0.15, 0.2) is 23.2 Å². The number of pyridine rings is 1. The highest BCUT2D eigenvalue weighted by atomic mass is 32.2. The van der Waals surface area contributed by atoms with E-state index < -0.39 is 10.0 Å². The Balaban J connectivity index is 1.36. The zero-order valence-corrected chi connectivity index (χ0v) is 17.8. The fourth-order valence-corrected chi connectivity index (χ4v) is 6.18. The number of nitrogens with zero attached hydrogens (tertiary/aromatic N) is 5. The molecule has 0 aliphatic carbocycles. The van der Waals surface area contributed by atoms with E-state index in [0.717, 1.165) is 51.3 Å². The van der Waals surface area contributed by atoms with Crippen molar-refractivity contribution in [2.24, 2.45) is 0 Å². The van der Waals surface area contributed by atoms with E-state index in [1.54, 1.807) is 16.6 Å². The maximum Gasteiger partial charge on any atom is 0.244 e. The lowest BCUT2D eigenvalue weighted by Crippen LogP contribution is -2.54. The van der Waals surface area contributed by atoms with Crippen molar-refractivity contribution < 1.29 is 8.42 Å². The molecule has 0 spiro atoms. The van der Waals surface area contributed by atoms with E-state index in [-0.39, 0.29) is 0 Å². The number of anilines is 1. The van der Waals surface area contributed by atoms with Gasteiger partial charge in [-0.1, -0.05) is 6.42 Å². The SMILES string of the molecule is CN1CCCC(N2CCN(c3ccc(S(=O)(=O)N4CCCCC4)cn3)CC2)C1. The molecule has 0 amide bonds. The van der Waals surface area contributed by atoms with Crippen LogP contribution in [0.4, 0.5) is 5.82 Å². The number of sulfonamides is 1. The average molecular weight is 408 g/mol. The molecule has 0 aromatic carbocycles. The number of hydrogen-bond acceptors (Lipinski definition) is 6. The third kappa shape index (κ3) is 4.35. The summed E-state index contributed by atoms with van der Waals surface area (Å²) in [7, 11) is -1.18. The summed E-state index contributed by atoms with van der Waals surface area (Å²) in [5.74, 6) is 0.887. The predicted octanol–water partition coefficient (Wildman–Crippen LogP) is 1.47. The van der Waals surface area contributed by atoms with Crippen LogP contribution in [0.25, 0.3) is 0 Å². The van der Waals surface area contributed by atoms with Gasteiger partial charge < -0.3 is 9.80 Å². The maximum absolute atomic E-state index is 12.8. The van der Waals surface area contributed by atoms with Crippen LogP contribution in [-0.4, -0.2) is 93.0 Å². The number of hydrogen-bond donors (Lipinski definition) is 0. The van der Waals surface area contributed by atoms with E-state index in [1.165, 1.54) is 25.9 Å². The van der Waals surface area contributed by atoms with Crippen LogP contribution in [0.2, 0.25) is 0 Å². The monoisotopic (exact) mass is 407 g/mol. The molecule has 0 radical (unpaired) electrons. The Morgan fingerprint density at radius 1 is 0.929 bits per heavy atom. The largest absolute Gasteiger partial charge is 0.354 e. The fourth-order valence-electron chi connectivity index (χ4n) is 4.72. The molecule has 8 heteroatoms. The zero-order chi connectivity index (χ0) is 19.6. The molecule has 7 nitrogen and oxygen atoms in total. The third-order valence-electron chi connectivity index (χ3n) is 6.43. The van der Waals surface area contributed by atoms with Crippen LogP contribution in [-0.2, 0) is 10.0 Å². The van der Waals surface area contributed by atoms with Gasteiger partial charge in [0.25, 0.3) is 0 Å². The van der Waals surface area contributed by atoms with Gasteiger partial charge in [-0.25, -0.2) is 13.4 Å². The summed E-state index contributed by atoms with van der Waals surface area (Å²) in [5, 5.41) is 0. The van der Waals surface area contributed by atoms with Crippen molar-refractivity contribution in [2.45, 2.75) is 43.0 Å². The molecule has 156 valence electrons. The molecule has 1 aromatic rings. The van der Waals surface area contributed by atoms with Gasteiger partial charge in [0.1, 0.15) is 10.7 Å². The highest BCUT2D eigenvalue weighted by Crippen LogP contribution is 2.23. The third-order valence-corrected chi connectivity index (χ3v) is 8.31. The molecule has 1 unspecified atom stereocenters. The van der Waals surface area contributed by atoms with E-state index >= 15 is 0 Å². The second kappa shape index (κ2) is 8.65. The predicted molar refractivity (Wildman–Crippen MR) is 111 cm³/mol. The number of likely N-dealkylation sites (tertiary alicyclic amines) is 1. The topological polar surface area (TPSA) is 60.0 Å². The molecular weight excluding hydrogens is 374 g/mol. The summed E-state index contributed by atoms with van der Waals surface area (Å²) in [6.07, 6.45) is 7.15. The first kappa shape index (κ1) is 20.1. The Morgan fingerprint density at radius 2 is 1.68 bits per heavy atom. The van der Waals surface area contributed by atoms with Crippen LogP contribution in [0.5, 0.6) is 0 Å². The van der Waals surface area contributed by atoms with Gasteiger partial charge in [-0.2, -0.15) is 4.31 Å². The molecule has 1 aromatic heterocycles.